The zero-order valence-electron chi connectivity index (χ0n) is 18.8. The Hall–Kier alpha value is -2.80. The lowest BCUT2D eigenvalue weighted by Crippen LogP contribution is -2.52. The largest absolute Gasteiger partial charge is 0.341 e. The molecule has 2 aliphatic heterocycles. The van der Waals surface area contributed by atoms with Gasteiger partial charge in [0.15, 0.2) is 0 Å². The van der Waals surface area contributed by atoms with Gasteiger partial charge in [0.25, 0.3) is 0 Å². The second kappa shape index (κ2) is 7.96. The van der Waals surface area contributed by atoms with Crippen LogP contribution in [0.25, 0.3) is 0 Å². The lowest BCUT2D eigenvalue weighted by Gasteiger charge is -2.47. The van der Waals surface area contributed by atoms with E-state index in [9.17, 15) is 0 Å². The van der Waals surface area contributed by atoms with Crippen LogP contribution in [0.3, 0.4) is 0 Å². The van der Waals surface area contributed by atoms with Gasteiger partial charge in [0, 0.05) is 69.5 Å². The van der Waals surface area contributed by atoms with Crippen LogP contribution in [-0.4, -0.2) is 49.0 Å². The fourth-order valence-electron chi connectivity index (χ4n) is 5.61. The molecule has 7 heteroatoms. The topological polar surface area (TPSA) is 63.0 Å². The van der Waals surface area contributed by atoms with Crippen LogP contribution < -0.4 is 4.90 Å². The highest BCUT2D eigenvalue weighted by Gasteiger charge is 2.45. The van der Waals surface area contributed by atoms with Crippen molar-refractivity contribution in [3.63, 3.8) is 0 Å². The van der Waals surface area contributed by atoms with Crippen LogP contribution in [-0.2, 0) is 25.0 Å². The monoisotopic (exact) mass is 429 g/mol. The Morgan fingerprint density at radius 3 is 2.50 bits per heavy atom. The highest BCUT2D eigenvalue weighted by atomic mass is 15.3. The molecule has 0 bridgehead atoms. The maximum absolute atomic E-state index is 5.22. The van der Waals surface area contributed by atoms with E-state index >= 15 is 0 Å². The van der Waals surface area contributed by atoms with Gasteiger partial charge in [-0.3, -0.25) is 9.88 Å². The first-order valence-electron chi connectivity index (χ1n) is 11.9. The van der Waals surface area contributed by atoms with E-state index < -0.39 is 0 Å². The summed E-state index contributed by atoms with van der Waals surface area (Å²) >= 11 is 0. The van der Waals surface area contributed by atoms with Gasteiger partial charge in [-0.2, -0.15) is 0 Å². The molecular weight excluding hydrogens is 398 g/mol. The molecule has 0 N–H and O–H groups in total. The Balaban J connectivity index is 1.31. The highest BCUT2D eigenvalue weighted by molar-refractivity contribution is 5.36. The third-order valence-corrected chi connectivity index (χ3v) is 7.51. The van der Waals surface area contributed by atoms with Crippen LogP contribution in [0.15, 0.2) is 43.0 Å². The maximum Gasteiger partial charge on any atom is 0.225 e. The Kier molecular flexibility index (Phi) is 4.94. The van der Waals surface area contributed by atoms with Crippen LogP contribution in [0, 0.1) is 12.8 Å². The van der Waals surface area contributed by atoms with Crippen LogP contribution >= 0.6 is 0 Å². The molecule has 6 rings (SSSR count). The molecule has 3 aliphatic rings. The quantitative estimate of drug-likeness (QED) is 0.620. The summed E-state index contributed by atoms with van der Waals surface area (Å²) < 4.78 is 2.54. The van der Waals surface area contributed by atoms with Crippen molar-refractivity contribution in [2.24, 2.45) is 5.92 Å². The number of aromatic nitrogens is 5. The lowest BCUT2D eigenvalue weighted by atomic mass is 9.72. The molecule has 3 aromatic heterocycles. The van der Waals surface area contributed by atoms with E-state index in [1.807, 2.05) is 30.9 Å². The van der Waals surface area contributed by atoms with Crippen molar-refractivity contribution in [3.8, 4) is 0 Å². The second-order valence-corrected chi connectivity index (χ2v) is 9.83. The van der Waals surface area contributed by atoms with Crippen molar-refractivity contribution < 1.29 is 0 Å². The van der Waals surface area contributed by atoms with Gasteiger partial charge in [0.1, 0.15) is 5.82 Å². The molecule has 1 saturated carbocycles. The van der Waals surface area contributed by atoms with Crippen molar-refractivity contribution in [1.82, 2.24) is 29.4 Å². The number of hydrogen-bond donors (Lipinski definition) is 0. The predicted octanol–water partition coefficient (Wildman–Crippen LogP) is 3.34. The van der Waals surface area contributed by atoms with Crippen LogP contribution in [0.4, 0.5) is 5.95 Å². The molecule has 32 heavy (non-hydrogen) atoms. The number of rotatable bonds is 5. The van der Waals surface area contributed by atoms with Crippen LogP contribution in [0.5, 0.6) is 0 Å². The molecule has 0 aromatic carbocycles. The van der Waals surface area contributed by atoms with Crippen LogP contribution in [0.2, 0.25) is 0 Å². The highest BCUT2D eigenvalue weighted by Crippen LogP contribution is 2.43. The summed E-state index contributed by atoms with van der Waals surface area (Å²) in [6.07, 6.45) is 12.4. The third kappa shape index (κ3) is 3.68. The summed E-state index contributed by atoms with van der Waals surface area (Å²) in [7, 11) is 0. The van der Waals surface area contributed by atoms with E-state index in [-0.39, 0.29) is 5.41 Å². The maximum atomic E-state index is 5.22. The van der Waals surface area contributed by atoms with Gasteiger partial charge in [-0.05, 0) is 62.3 Å². The average molecular weight is 430 g/mol. The normalized spacial score (nSPS) is 20.5. The molecule has 166 valence electrons. The van der Waals surface area contributed by atoms with Crippen molar-refractivity contribution in [3.05, 3.63) is 65.8 Å². The van der Waals surface area contributed by atoms with Crippen molar-refractivity contribution >= 4 is 5.95 Å². The third-order valence-electron chi connectivity index (χ3n) is 7.51. The van der Waals surface area contributed by atoms with E-state index in [0.29, 0.717) is 0 Å². The number of piperidine rings is 1. The molecular formula is C25H31N7. The minimum absolute atomic E-state index is 0.103. The first-order valence-corrected chi connectivity index (χ1v) is 11.9. The van der Waals surface area contributed by atoms with Gasteiger partial charge in [-0.1, -0.05) is 0 Å². The van der Waals surface area contributed by atoms with Crippen molar-refractivity contribution in [2.45, 2.75) is 57.7 Å². The Bertz CT molecular complexity index is 1070. The van der Waals surface area contributed by atoms with E-state index in [1.165, 1.54) is 35.6 Å². The zero-order chi connectivity index (χ0) is 21.5. The van der Waals surface area contributed by atoms with E-state index in [2.05, 4.69) is 48.4 Å². The predicted molar refractivity (Wildman–Crippen MR) is 123 cm³/mol. The Morgan fingerprint density at radius 1 is 1.03 bits per heavy atom. The Morgan fingerprint density at radius 2 is 1.78 bits per heavy atom. The number of aryl methyl sites for hydroxylation is 1. The fourth-order valence-corrected chi connectivity index (χ4v) is 5.61. The SMILES string of the molecule is Cc1nc2c(n1CC1CC1)CN(Cc1ccncc1)CC21CCN(c2ncccn2)CC1. The van der Waals surface area contributed by atoms with Crippen molar-refractivity contribution in [2.75, 3.05) is 24.5 Å². The summed E-state index contributed by atoms with van der Waals surface area (Å²) in [5.74, 6) is 2.89. The number of anilines is 1. The molecule has 1 aliphatic carbocycles. The second-order valence-electron chi connectivity index (χ2n) is 9.83. The van der Waals surface area contributed by atoms with Gasteiger partial charge in [0.05, 0.1) is 11.4 Å². The molecule has 0 unspecified atom stereocenters. The minimum Gasteiger partial charge on any atom is -0.341 e. The molecule has 5 heterocycles. The Labute approximate surface area is 189 Å². The standard InChI is InChI=1S/C25H31N7/c1-19-29-23-22(32(19)16-20-3-4-20)17-30(15-21-5-11-26-12-6-21)18-25(23)7-13-31(14-8-25)24-27-9-2-10-28-24/h2,5-6,9-12,20H,3-4,7-8,13-18H2,1H3. The molecule has 0 amide bonds. The molecule has 1 spiro atoms. The summed E-state index contributed by atoms with van der Waals surface area (Å²) in [6, 6.07) is 6.17. The molecule has 2 fully saturated rings. The average Bonchev–Trinajstić information content (AvgIpc) is 3.59. The minimum atomic E-state index is 0.103. The van der Waals surface area contributed by atoms with Gasteiger partial charge in [0.2, 0.25) is 5.95 Å². The zero-order valence-corrected chi connectivity index (χ0v) is 18.8. The number of fused-ring (bicyclic) bond motifs is 2. The van der Waals surface area contributed by atoms with Gasteiger partial charge in [-0.25, -0.2) is 15.0 Å². The van der Waals surface area contributed by atoms with E-state index in [0.717, 1.165) is 64.0 Å². The first-order chi connectivity index (χ1) is 15.7. The molecule has 1 saturated heterocycles. The number of nitrogens with zero attached hydrogens (tertiary/aromatic N) is 7. The number of hydrogen-bond acceptors (Lipinski definition) is 6. The smallest absolute Gasteiger partial charge is 0.225 e. The van der Waals surface area contributed by atoms with Gasteiger partial charge < -0.3 is 9.47 Å². The van der Waals surface area contributed by atoms with Crippen molar-refractivity contribution in [1.29, 1.82) is 0 Å². The molecule has 0 radical (unpaired) electrons. The van der Waals surface area contributed by atoms with Gasteiger partial charge in [-0.15, -0.1) is 0 Å². The van der Waals surface area contributed by atoms with Gasteiger partial charge >= 0.3 is 0 Å². The summed E-state index contributed by atoms with van der Waals surface area (Å²) in [5.41, 5.74) is 4.26. The summed E-state index contributed by atoms with van der Waals surface area (Å²) in [6.45, 7) is 8.29. The van der Waals surface area contributed by atoms with Crippen LogP contribution in [0.1, 0.15) is 48.5 Å². The molecule has 3 aromatic rings. The number of pyridine rings is 1. The summed E-state index contributed by atoms with van der Waals surface area (Å²) in [5, 5.41) is 0. The molecule has 0 atom stereocenters. The van der Waals surface area contributed by atoms with E-state index in [4.69, 9.17) is 4.98 Å². The lowest BCUT2D eigenvalue weighted by molar-refractivity contribution is 0.138. The molecule has 7 nitrogen and oxygen atoms in total. The number of imidazole rings is 1. The fraction of sp³-hybridized carbons (Fsp3) is 0.520. The van der Waals surface area contributed by atoms with E-state index in [1.54, 1.807) is 0 Å². The summed E-state index contributed by atoms with van der Waals surface area (Å²) in [4.78, 5) is 23.4. The first kappa shape index (κ1) is 19.9.